The molecule has 0 radical (unpaired) electrons. The predicted octanol–water partition coefficient (Wildman–Crippen LogP) is 2.29. The van der Waals surface area contributed by atoms with Crippen LogP contribution in [0, 0.1) is 5.82 Å². The van der Waals surface area contributed by atoms with Crippen LogP contribution in [-0.2, 0) is 4.79 Å². The van der Waals surface area contributed by atoms with E-state index in [1.54, 1.807) is 6.92 Å². The Kier molecular flexibility index (Phi) is 2.68. The van der Waals surface area contributed by atoms with Crippen molar-refractivity contribution in [2.24, 2.45) is 5.73 Å². The van der Waals surface area contributed by atoms with Gasteiger partial charge in [0.2, 0.25) is 5.91 Å². The first-order chi connectivity index (χ1) is 7.54. The molecule has 0 aliphatic carbocycles. The molecule has 16 heavy (non-hydrogen) atoms. The van der Waals surface area contributed by atoms with Crippen LogP contribution >= 0.6 is 0 Å². The fourth-order valence-electron chi connectivity index (χ4n) is 2.08. The van der Waals surface area contributed by atoms with Gasteiger partial charge in [0.1, 0.15) is 5.82 Å². The molecular formula is C12H15FN2O. The van der Waals surface area contributed by atoms with Crippen LogP contribution in [0.25, 0.3) is 0 Å². The fraction of sp³-hybridized carbons (Fsp3) is 0.417. The summed E-state index contributed by atoms with van der Waals surface area (Å²) in [7, 11) is 0. The summed E-state index contributed by atoms with van der Waals surface area (Å²) < 4.78 is 13.7. The Morgan fingerprint density at radius 3 is 2.81 bits per heavy atom. The molecule has 1 amide bonds. The lowest BCUT2D eigenvalue weighted by atomic mass is 9.94. The lowest BCUT2D eigenvalue weighted by Gasteiger charge is -2.11. The third-order valence-corrected chi connectivity index (χ3v) is 3.02. The van der Waals surface area contributed by atoms with E-state index in [0.29, 0.717) is 12.1 Å². The number of benzene rings is 1. The van der Waals surface area contributed by atoms with Crippen molar-refractivity contribution in [3.63, 3.8) is 0 Å². The van der Waals surface area contributed by atoms with Gasteiger partial charge in [-0.25, -0.2) is 4.39 Å². The van der Waals surface area contributed by atoms with Gasteiger partial charge in [0.25, 0.3) is 0 Å². The van der Waals surface area contributed by atoms with Crippen LogP contribution in [0.2, 0.25) is 0 Å². The highest BCUT2D eigenvalue weighted by Crippen LogP contribution is 2.37. The zero-order valence-corrected chi connectivity index (χ0v) is 9.38. The van der Waals surface area contributed by atoms with E-state index in [0.717, 1.165) is 11.1 Å². The van der Waals surface area contributed by atoms with Crippen LogP contribution in [0.15, 0.2) is 12.1 Å². The molecule has 0 spiro atoms. The van der Waals surface area contributed by atoms with Gasteiger partial charge < -0.3 is 11.1 Å². The van der Waals surface area contributed by atoms with E-state index in [1.165, 1.54) is 6.07 Å². The Hall–Kier alpha value is -1.42. The van der Waals surface area contributed by atoms with Gasteiger partial charge in [0.05, 0.1) is 11.6 Å². The molecule has 86 valence electrons. The summed E-state index contributed by atoms with van der Waals surface area (Å²) in [6, 6.07) is 2.99. The minimum atomic E-state index is -0.394. The number of hydrogen-bond donors (Lipinski definition) is 2. The van der Waals surface area contributed by atoms with Crippen LogP contribution in [0.1, 0.15) is 43.4 Å². The number of carbonyl (C=O) groups excluding carboxylic acids is 1. The highest BCUT2D eigenvalue weighted by Gasteiger charge is 2.31. The monoisotopic (exact) mass is 222 g/mol. The second-order valence-corrected chi connectivity index (χ2v) is 4.21. The minimum Gasteiger partial charge on any atom is -0.324 e. The molecule has 2 atom stereocenters. The molecule has 3 N–H and O–H groups in total. The summed E-state index contributed by atoms with van der Waals surface area (Å²) in [6.45, 7) is 3.71. The van der Waals surface area contributed by atoms with Crippen molar-refractivity contribution in [2.45, 2.75) is 32.2 Å². The predicted molar refractivity (Wildman–Crippen MR) is 60.7 cm³/mol. The largest absolute Gasteiger partial charge is 0.324 e. The molecule has 0 fully saturated rings. The Bertz CT molecular complexity index is 443. The van der Waals surface area contributed by atoms with Gasteiger partial charge in [-0.05, 0) is 30.5 Å². The number of hydrogen-bond acceptors (Lipinski definition) is 2. The second-order valence-electron chi connectivity index (χ2n) is 4.21. The van der Waals surface area contributed by atoms with Crippen molar-refractivity contribution in [1.82, 2.24) is 0 Å². The molecule has 1 aromatic rings. The summed E-state index contributed by atoms with van der Waals surface area (Å²) in [5, 5.41) is 2.58. The van der Waals surface area contributed by atoms with E-state index >= 15 is 0 Å². The molecule has 0 bridgehead atoms. The first-order valence-electron chi connectivity index (χ1n) is 5.44. The Balaban J connectivity index is 2.55. The van der Waals surface area contributed by atoms with Crippen LogP contribution in [0.3, 0.4) is 0 Å². The number of fused-ring (bicyclic) bond motifs is 1. The molecule has 0 saturated carbocycles. The molecule has 1 aliphatic heterocycles. The highest BCUT2D eigenvalue weighted by atomic mass is 19.1. The van der Waals surface area contributed by atoms with Gasteiger partial charge in [0.15, 0.2) is 0 Å². The van der Waals surface area contributed by atoms with Gasteiger partial charge in [-0.3, -0.25) is 4.79 Å². The van der Waals surface area contributed by atoms with Gasteiger partial charge in [0, 0.05) is 6.04 Å². The number of carbonyl (C=O) groups is 1. The van der Waals surface area contributed by atoms with Gasteiger partial charge in [-0.1, -0.05) is 13.0 Å². The topological polar surface area (TPSA) is 55.1 Å². The first-order valence-corrected chi connectivity index (χ1v) is 5.44. The van der Waals surface area contributed by atoms with E-state index in [1.807, 2.05) is 13.0 Å². The van der Waals surface area contributed by atoms with Crippen molar-refractivity contribution in [3.05, 3.63) is 29.1 Å². The summed E-state index contributed by atoms with van der Waals surface area (Å²) in [6.07, 6.45) is 0.667. The maximum absolute atomic E-state index is 13.7. The summed E-state index contributed by atoms with van der Waals surface area (Å²) in [5.74, 6) is -0.768. The highest BCUT2D eigenvalue weighted by molar-refractivity contribution is 6.03. The number of rotatable bonds is 2. The van der Waals surface area contributed by atoms with Gasteiger partial charge in [-0.2, -0.15) is 0 Å². The molecule has 3 nitrogen and oxygen atoms in total. The number of amides is 1. The van der Waals surface area contributed by atoms with Crippen molar-refractivity contribution < 1.29 is 9.18 Å². The Labute approximate surface area is 93.8 Å². The molecule has 2 unspecified atom stereocenters. The third-order valence-electron chi connectivity index (χ3n) is 3.02. The maximum atomic E-state index is 13.7. The normalized spacial score (nSPS) is 20.5. The van der Waals surface area contributed by atoms with E-state index in [9.17, 15) is 9.18 Å². The lowest BCUT2D eigenvalue weighted by molar-refractivity contribution is -0.117. The summed E-state index contributed by atoms with van der Waals surface area (Å²) >= 11 is 0. The van der Waals surface area contributed by atoms with Crippen LogP contribution in [0.5, 0.6) is 0 Å². The molecule has 1 aliphatic rings. The second kappa shape index (κ2) is 3.87. The quantitative estimate of drug-likeness (QED) is 0.806. The molecule has 0 aromatic heterocycles. The van der Waals surface area contributed by atoms with Crippen molar-refractivity contribution in [1.29, 1.82) is 0 Å². The van der Waals surface area contributed by atoms with Gasteiger partial charge in [-0.15, -0.1) is 0 Å². The number of nitrogens with one attached hydrogen (secondary N) is 1. The van der Waals surface area contributed by atoms with E-state index in [4.69, 9.17) is 5.73 Å². The van der Waals surface area contributed by atoms with Crippen molar-refractivity contribution >= 4 is 11.6 Å². The van der Waals surface area contributed by atoms with Crippen LogP contribution in [-0.4, -0.2) is 5.91 Å². The Morgan fingerprint density at radius 1 is 1.56 bits per heavy atom. The van der Waals surface area contributed by atoms with Crippen molar-refractivity contribution in [2.75, 3.05) is 5.32 Å². The average molecular weight is 222 g/mol. The molecule has 1 heterocycles. The van der Waals surface area contributed by atoms with Crippen LogP contribution in [0.4, 0.5) is 10.1 Å². The lowest BCUT2D eigenvalue weighted by Crippen LogP contribution is -2.11. The molecular weight excluding hydrogens is 207 g/mol. The SMILES string of the molecule is CCC1C(=O)Nc2c(F)cc(C(C)N)cc21. The van der Waals surface area contributed by atoms with Crippen LogP contribution < -0.4 is 11.1 Å². The number of nitrogens with two attached hydrogens (primary N) is 1. The molecule has 2 rings (SSSR count). The molecule has 4 heteroatoms. The Morgan fingerprint density at radius 2 is 2.25 bits per heavy atom. The average Bonchev–Trinajstić information content (AvgIpc) is 2.54. The first kappa shape index (κ1) is 11.1. The zero-order chi connectivity index (χ0) is 11.9. The summed E-state index contributed by atoms with van der Waals surface area (Å²) in [4.78, 5) is 11.6. The van der Waals surface area contributed by atoms with Crippen molar-refractivity contribution in [3.8, 4) is 0 Å². The number of anilines is 1. The maximum Gasteiger partial charge on any atom is 0.232 e. The molecule has 0 saturated heterocycles. The molecule has 1 aromatic carbocycles. The minimum absolute atomic E-state index is 0.127. The fourth-order valence-corrected chi connectivity index (χ4v) is 2.08. The van der Waals surface area contributed by atoms with E-state index in [2.05, 4.69) is 5.32 Å². The standard InChI is InChI=1S/C12H15FN2O/c1-3-8-9-4-7(6(2)14)5-10(13)11(9)15-12(8)16/h4-6,8H,3,14H2,1-2H3,(H,15,16). The third kappa shape index (κ3) is 1.59. The van der Waals surface area contributed by atoms with E-state index < -0.39 is 5.82 Å². The zero-order valence-electron chi connectivity index (χ0n) is 9.38. The van der Waals surface area contributed by atoms with E-state index in [-0.39, 0.29) is 17.9 Å². The smallest absolute Gasteiger partial charge is 0.232 e. The van der Waals surface area contributed by atoms with Gasteiger partial charge >= 0.3 is 0 Å². The number of halogens is 1. The summed E-state index contributed by atoms with van der Waals surface area (Å²) in [5.41, 5.74) is 7.51.